The number of hydrogen-bond acceptors (Lipinski definition) is 3. The van der Waals surface area contributed by atoms with Crippen LogP contribution in [0.3, 0.4) is 0 Å². The molecule has 0 heterocycles. The largest absolute Gasteiger partial charge is 0.479 e. The van der Waals surface area contributed by atoms with Crippen LogP contribution in [-0.2, 0) is 14.3 Å². The van der Waals surface area contributed by atoms with Crippen LogP contribution in [0, 0.1) is 17.5 Å². The van der Waals surface area contributed by atoms with Crippen LogP contribution in [0.25, 0.3) is 6.08 Å². The molecule has 0 bridgehead atoms. The Bertz CT molecular complexity index is 647. The van der Waals surface area contributed by atoms with Crippen molar-refractivity contribution in [1.82, 2.24) is 0 Å². The lowest BCUT2D eigenvalue weighted by molar-refractivity contribution is -0.150. The smallest absolute Gasteiger partial charge is 0.332 e. The Balaban J connectivity index is 0.000000521. The molecular formula is C20H27F3O5. The van der Waals surface area contributed by atoms with Crippen molar-refractivity contribution in [2.45, 2.75) is 58.5 Å². The van der Waals surface area contributed by atoms with Crippen molar-refractivity contribution in [2.75, 3.05) is 6.61 Å². The van der Waals surface area contributed by atoms with Gasteiger partial charge in [-0.05, 0) is 31.1 Å². The highest BCUT2D eigenvalue weighted by atomic mass is 19.2. The van der Waals surface area contributed by atoms with E-state index in [9.17, 15) is 22.8 Å². The minimum Gasteiger partial charge on any atom is -0.479 e. The van der Waals surface area contributed by atoms with Gasteiger partial charge in [0.05, 0.1) is 0 Å². The molecule has 0 aliphatic carbocycles. The molecule has 0 saturated heterocycles. The summed E-state index contributed by atoms with van der Waals surface area (Å²) in [6.07, 6.45) is 7.25. The van der Waals surface area contributed by atoms with Crippen LogP contribution in [0.4, 0.5) is 13.2 Å². The molecule has 0 saturated carbocycles. The van der Waals surface area contributed by atoms with E-state index < -0.39 is 35.5 Å². The van der Waals surface area contributed by atoms with Gasteiger partial charge in [-0.15, -0.1) is 0 Å². The van der Waals surface area contributed by atoms with E-state index in [4.69, 9.17) is 14.9 Å². The number of carbonyl (C=O) groups is 2. The molecule has 5 nitrogen and oxygen atoms in total. The predicted octanol–water partition coefficient (Wildman–Crippen LogP) is 5.04. The van der Waals surface area contributed by atoms with E-state index in [1.165, 1.54) is 19.3 Å². The first-order valence-electron chi connectivity index (χ1n) is 9.13. The Labute approximate surface area is 162 Å². The molecule has 1 rings (SSSR count). The Kier molecular flexibility index (Phi) is 13.4. The molecule has 1 aromatic carbocycles. The molecule has 0 amide bonds. The Hall–Kier alpha value is -2.35. The molecule has 28 heavy (non-hydrogen) atoms. The van der Waals surface area contributed by atoms with Crippen LogP contribution in [0.15, 0.2) is 18.2 Å². The molecule has 8 heteroatoms. The van der Waals surface area contributed by atoms with Gasteiger partial charge in [0.1, 0.15) is 0 Å². The second-order valence-electron chi connectivity index (χ2n) is 5.96. The fraction of sp³-hybridized carbons (Fsp3) is 0.500. The van der Waals surface area contributed by atoms with E-state index in [1.54, 1.807) is 0 Å². The first-order valence-corrected chi connectivity index (χ1v) is 9.13. The van der Waals surface area contributed by atoms with Gasteiger partial charge in [0.25, 0.3) is 0 Å². The average molecular weight is 404 g/mol. The van der Waals surface area contributed by atoms with Gasteiger partial charge in [-0.2, -0.15) is 0 Å². The highest BCUT2D eigenvalue weighted by molar-refractivity contribution is 5.85. The van der Waals surface area contributed by atoms with Crippen molar-refractivity contribution in [3.05, 3.63) is 41.2 Å². The Morgan fingerprint density at radius 1 is 1.04 bits per heavy atom. The maximum atomic E-state index is 12.9. The summed E-state index contributed by atoms with van der Waals surface area (Å²) in [5.74, 6) is -6.47. The molecule has 1 unspecified atom stereocenters. The minimum absolute atomic E-state index is 0.314. The summed E-state index contributed by atoms with van der Waals surface area (Å²) >= 11 is 0. The van der Waals surface area contributed by atoms with Gasteiger partial charge in [0, 0.05) is 18.2 Å². The predicted molar refractivity (Wildman–Crippen MR) is 99.4 cm³/mol. The van der Waals surface area contributed by atoms with Gasteiger partial charge >= 0.3 is 11.9 Å². The standard InChI is InChI=1S/C11H22O3.C9H5F3O2/c1-3-5-6-7-8-9-14-10(4-2)11(12)13;10-6-3-1-5(2-4-7(13)14)8(11)9(6)12/h10H,3-9H2,1-2H3,(H,12,13);1-4H,(H,13,14). The second-order valence-corrected chi connectivity index (χ2v) is 5.96. The van der Waals surface area contributed by atoms with E-state index in [1.807, 2.05) is 6.92 Å². The number of rotatable bonds is 11. The molecule has 0 spiro atoms. The number of aliphatic carboxylic acids is 2. The molecule has 158 valence electrons. The number of hydrogen-bond donors (Lipinski definition) is 2. The van der Waals surface area contributed by atoms with E-state index in [2.05, 4.69) is 6.92 Å². The molecule has 0 aliphatic rings. The first kappa shape index (κ1) is 25.7. The zero-order valence-electron chi connectivity index (χ0n) is 16.1. The summed E-state index contributed by atoms with van der Waals surface area (Å²) in [7, 11) is 0. The number of halogens is 3. The lowest BCUT2D eigenvalue weighted by atomic mass is 10.2. The molecular weight excluding hydrogens is 377 g/mol. The van der Waals surface area contributed by atoms with Crippen molar-refractivity contribution in [1.29, 1.82) is 0 Å². The third kappa shape index (κ3) is 10.7. The number of benzene rings is 1. The fourth-order valence-corrected chi connectivity index (χ4v) is 2.13. The van der Waals surface area contributed by atoms with Gasteiger partial charge in [-0.25, -0.2) is 22.8 Å². The highest BCUT2D eigenvalue weighted by Gasteiger charge is 2.14. The zero-order chi connectivity index (χ0) is 21.5. The van der Waals surface area contributed by atoms with E-state index >= 15 is 0 Å². The van der Waals surface area contributed by atoms with Crippen LogP contribution in [0.1, 0.15) is 57.9 Å². The number of carboxylic acid groups (broad SMARTS) is 2. The van der Waals surface area contributed by atoms with Crippen molar-refractivity contribution in [3.8, 4) is 0 Å². The van der Waals surface area contributed by atoms with Crippen LogP contribution >= 0.6 is 0 Å². The zero-order valence-corrected chi connectivity index (χ0v) is 16.1. The van der Waals surface area contributed by atoms with Gasteiger partial charge < -0.3 is 14.9 Å². The monoisotopic (exact) mass is 404 g/mol. The SMILES string of the molecule is CCCCCCCOC(CC)C(=O)O.O=C(O)C=Cc1ccc(F)c(F)c1F. The van der Waals surface area contributed by atoms with Crippen molar-refractivity contribution in [3.63, 3.8) is 0 Å². The molecule has 1 aromatic rings. The summed E-state index contributed by atoms with van der Waals surface area (Å²) < 4.78 is 43.1. The van der Waals surface area contributed by atoms with Gasteiger partial charge in [0.15, 0.2) is 23.6 Å². The molecule has 1 atom stereocenters. The quantitative estimate of drug-likeness (QED) is 0.307. The van der Waals surface area contributed by atoms with Crippen LogP contribution in [0.5, 0.6) is 0 Å². The van der Waals surface area contributed by atoms with Gasteiger partial charge in [-0.3, -0.25) is 0 Å². The number of ether oxygens (including phenoxy) is 1. The summed E-state index contributed by atoms with van der Waals surface area (Å²) in [6.45, 7) is 4.58. The molecule has 0 fully saturated rings. The number of unbranched alkanes of at least 4 members (excludes halogenated alkanes) is 4. The van der Waals surface area contributed by atoms with Gasteiger partial charge in [-0.1, -0.05) is 39.5 Å². The molecule has 2 N–H and O–H groups in total. The topological polar surface area (TPSA) is 83.8 Å². The van der Waals surface area contributed by atoms with Crippen molar-refractivity contribution >= 4 is 18.0 Å². The maximum absolute atomic E-state index is 12.9. The first-order chi connectivity index (χ1) is 13.2. The van der Waals surface area contributed by atoms with Gasteiger partial charge in [0.2, 0.25) is 0 Å². The summed E-state index contributed by atoms with van der Waals surface area (Å²) in [4.78, 5) is 20.6. The highest BCUT2D eigenvalue weighted by Crippen LogP contribution is 2.16. The number of carboxylic acids is 2. The second kappa shape index (κ2) is 14.7. The average Bonchev–Trinajstić information content (AvgIpc) is 2.65. The summed E-state index contributed by atoms with van der Waals surface area (Å²) in [5.41, 5.74) is -0.314. The Morgan fingerprint density at radius 3 is 2.21 bits per heavy atom. The molecule has 0 aromatic heterocycles. The van der Waals surface area contributed by atoms with Crippen molar-refractivity contribution < 1.29 is 37.7 Å². The lowest BCUT2D eigenvalue weighted by Gasteiger charge is -2.10. The fourth-order valence-electron chi connectivity index (χ4n) is 2.13. The maximum Gasteiger partial charge on any atom is 0.332 e. The third-order valence-electron chi connectivity index (χ3n) is 3.68. The van der Waals surface area contributed by atoms with Crippen LogP contribution in [-0.4, -0.2) is 34.9 Å². The third-order valence-corrected chi connectivity index (χ3v) is 3.68. The normalized spacial score (nSPS) is 11.8. The Morgan fingerprint density at radius 2 is 1.68 bits per heavy atom. The molecule has 0 aliphatic heterocycles. The van der Waals surface area contributed by atoms with E-state index in [0.717, 1.165) is 31.1 Å². The summed E-state index contributed by atoms with van der Waals surface area (Å²) in [6, 6.07) is 1.67. The lowest BCUT2D eigenvalue weighted by Crippen LogP contribution is -2.23. The molecule has 0 radical (unpaired) electrons. The van der Waals surface area contributed by atoms with Crippen LogP contribution < -0.4 is 0 Å². The van der Waals surface area contributed by atoms with E-state index in [0.29, 0.717) is 19.1 Å². The summed E-state index contributed by atoms with van der Waals surface area (Å²) in [5, 5.41) is 16.9. The minimum atomic E-state index is -1.61. The van der Waals surface area contributed by atoms with Crippen LogP contribution in [0.2, 0.25) is 0 Å². The van der Waals surface area contributed by atoms with Crippen molar-refractivity contribution in [2.24, 2.45) is 0 Å². The van der Waals surface area contributed by atoms with E-state index in [-0.39, 0.29) is 5.56 Å².